The van der Waals surface area contributed by atoms with Crippen LogP contribution in [0.5, 0.6) is 0 Å². The molecule has 0 N–H and O–H groups in total. The first-order valence-corrected chi connectivity index (χ1v) is 9.65. The molecule has 5 aromatic rings. The number of halogens is 2. The molecule has 0 aliphatic rings. The summed E-state index contributed by atoms with van der Waals surface area (Å²) in [6.45, 7) is 7.47. The Balaban J connectivity index is 1.95. The van der Waals surface area contributed by atoms with Gasteiger partial charge in [-0.1, -0.05) is 90.8 Å². The molecule has 6 heteroatoms. The standard InChI is InChI=1S/C28H16F2N4/c1-31-22-17-21(24(29)23(25(22)30)18-11-5-2-6-12-18)28-33-26(19-13-7-3-8-14-19)32-27(34-28)20-15-9-4-10-16-20/h2-17H/i3D,4D,7D,8D,9D,10D,13D,14D,15D,16D. The maximum Gasteiger partial charge on any atom is 0.223 e. The zero-order chi connectivity index (χ0) is 32.2. The van der Waals surface area contributed by atoms with Gasteiger partial charge >= 0.3 is 0 Å². The summed E-state index contributed by atoms with van der Waals surface area (Å²) in [6, 6.07) is 0.878. The van der Waals surface area contributed by atoms with E-state index in [4.69, 9.17) is 20.3 Å². The molecule has 0 unspecified atom stereocenters. The Labute approximate surface area is 209 Å². The molecule has 0 saturated heterocycles. The predicted octanol–water partition coefficient (Wildman–Crippen LogP) is 7.37. The van der Waals surface area contributed by atoms with E-state index in [2.05, 4.69) is 19.8 Å². The lowest BCUT2D eigenvalue weighted by atomic mass is 9.99. The average molecular weight is 457 g/mol. The van der Waals surface area contributed by atoms with Crippen LogP contribution in [0.3, 0.4) is 0 Å². The summed E-state index contributed by atoms with van der Waals surface area (Å²) in [5.74, 6) is -4.25. The Morgan fingerprint density at radius 2 is 1.21 bits per heavy atom. The lowest BCUT2D eigenvalue weighted by molar-refractivity contribution is 0.594. The second kappa shape index (κ2) is 9.00. The van der Waals surface area contributed by atoms with Gasteiger partial charge < -0.3 is 0 Å². The van der Waals surface area contributed by atoms with Crippen molar-refractivity contribution in [2.45, 2.75) is 0 Å². The van der Waals surface area contributed by atoms with Crippen molar-refractivity contribution in [2.75, 3.05) is 0 Å². The summed E-state index contributed by atoms with van der Waals surface area (Å²) in [4.78, 5) is 15.6. The highest BCUT2D eigenvalue weighted by atomic mass is 19.1. The maximum absolute atomic E-state index is 16.2. The first-order chi connectivity index (χ1) is 20.8. The molecule has 0 saturated carbocycles. The molecule has 0 amide bonds. The molecule has 1 aromatic heterocycles. The highest BCUT2D eigenvalue weighted by Gasteiger charge is 2.23. The maximum atomic E-state index is 16.2. The van der Waals surface area contributed by atoms with Crippen LogP contribution in [-0.4, -0.2) is 15.0 Å². The van der Waals surface area contributed by atoms with E-state index in [1.807, 2.05) is 0 Å². The Hall–Kier alpha value is -4.76. The fraction of sp³-hybridized carbons (Fsp3) is 0. The molecular weight excluding hydrogens is 430 g/mol. The zero-order valence-corrected chi connectivity index (χ0v) is 17.0. The van der Waals surface area contributed by atoms with Gasteiger partial charge in [-0.15, -0.1) is 0 Å². The second-order valence-corrected chi connectivity index (χ2v) is 6.73. The number of nitrogens with zero attached hydrogens (tertiary/aromatic N) is 4. The Kier molecular flexibility index (Phi) is 3.30. The van der Waals surface area contributed by atoms with Crippen LogP contribution in [0.15, 0.2) is 96.8 Å². The molecule has 0 atom stereocenters. The minimum absolute atomic E-state index is 0.0694. The van der Waals surface area contributed by atoms with Crippen molar-refractivity contribution < 1.29 is 22.5 Å². The highest BCUT2D eigenvalue weighted by molar-refractivity contribution is 5.79. The van der Waals surface area contributed by atoms with Gasteiger partial charge in [0.05, 0.1) is 20.3 Å². The van der Waals surface area contributed by atoms with Crippen molar-refractivity contribution in [3.8, 4) is 45.3 Å². The van der Waals surface area contributed by atoms with Gasteiger partial charge in [0.15, 0.2) is 17.5 Å². The van der Waals surface area contributed by atoms with Gasteiger partial charge in [-0.3, -0.25) is 0 Å². The summed E-state index contributed by atoms with van der Waals surface area (Å²) in [7, 11) is 0. The summed E-state index contributed by atoms with van der Waals surface area (Å²) in [6.07, 6.45) is 0. The molecule has 4 nitrogen and oxygen atoms in total. The third-order valence-electron chi connectivity index (χ3n) is 4.69. The average Bonchev–Trinajstić information content (AvgIpc) is 3.01. The molecule has 0 radical (unpaired) electrons. The van der Waals surface area contributed by atoms with Crippen LogP contribution < -0.4 is 0 Å². The summed E-state index contributed by atoms with van der Waals surface area (Å²) in [5, 5.41) is 0. The Bertz CT molecular complexity index is 1920. The highest BCUT2D eigenvalue weighted by Crippen LogP contribution is 2.38. The van der Waals surface area contributed by atoms with Gasteiger partial charge in [0, 0.05) is 22.3 Å². The molecule has 5 rings (SSSR count). The van der Waals surface area contributed by atoms with Crippen molar-refractivity contribution in [2.24, 2.45) is 0 Å². The number of rotatable bonds is 4. The van der Waals surface area contributed by atoms with Gasteiger partial charge in [0.2, 0.25) is 5.69 Å². The van der Waals surface area contributed by atoms with E-state index in [1.54, 1.807) is 6.07 Å². The van der Waals surface area contributed by atoms with Crippen LogP contribution in [0.25, 0.3) is 50.1 Å². The molecule has 34 heavy (non-hydrogen) atoms. The second-order valence-electron chi connectivity index (χ2n) is 6.73. The van der Waals surface area contributed by atoms with Crippen molar-refractivity contribution in [3.63, 3.8) is 0 Å². The third kappa shape index (κ3) is 3.91. The van der Waals surface area contributed by atoms with E-state index < -0.39 is 117 Å². The van der Waals surface area contributed by atoms with E-state index in [9.17, 15) is 0 Å². The molecule has 0 aliphatic heterocycles. The quantitative estimate of drug-likeness (QED) is 0.265. The van der Waals surface area contributed by atoms with Crippen molar-refractivity contribution in [3.05, 3.63) is 120 Å². The first kappa shape index (κ1) is 12.5. The van der Waals surface area contributed by atoms with Crippen LogP contribution in [0, 0.1) is 18.2 Å². The number of hydrogen-bond donors (Lipinski definition) is 0. The van der Waals surface area contributed by atoms with Gasteiger partial charge in [0.25, 0.3) is 0 Å². The van der Waals surface area contributed by atoms with Gasteiger partial charge in [0.1, 0.15) is 11.6 Å². The SMILES string of the molecule is [2H]c1c([2H])c([2H])c(-c2nc(-c3cc([N+]#[C-])c(F)c(-c4ccccc4)c3F)nc(-c3c([2H])c([2H])c([2H])c([2H])c3[2H])n2)c([2H])c1[2H]. The molecule has 0 bridgehead atoms. The van der Waals surface area contributed by atoms with Crippen LogP contribution in [-0.2, 0) is 0 Å². The smallest absolute Gasteiger partial charge is 0.223 e. The van der Waals surface area contributed by atoms with Crippen LogP contribution in [0.4, 0.5) is 14.5 Å². The summed E-state index contributed by atoms with van der Waals surface area (Å²) < 4.78 is 113. The fourth-order valence-corrected chi connectivity index (χ4v) is 3.17. The van der Waals surface area contributed by atoms with E-state index in [0.29, 0.717) is 0 Å². The lowest BCUT2D eigenvalue weighted by Crippen LogP contribution is -2.03. The summed E-state index contributed by atoms with van der Waals surface area (Å²) in [5.41, 5.74) is -2.80. The van der Waals surface area contributed by atoms with E-state index in [-0.39, 0.29) is 5.56 Å². The first-order valence-electron chi connectivity index (χ1n) is 14.7. The lowest BCUT2D eigenvalue weighted by Gasteiger charge is -2.13. The molecular formula is C28H16F2N4. The Morgan fingerprint density at radius 3 is 1.74 bits per heavy atom. The minimum atomic E-state index is -1.22. The normalized spacial score (nSPS) is 14.7. The van der Waals surface area contributed by atoms with Crippen molar-refractivity contribution >= 4 is 5.69 Å². The minimum Gasteiger partial charge on any atom is -0.235 e. The molecule has 0 spiro atoms. The van der Waals surface area contributed by atoms with Gasteiger partial charge in [-0.2, -0.15) is 0 Å². The predicted molar refractivity (Wildman–Crippen MR) is 128 cm³/mol. The zero-order valence-electron chi connectivity index (χ0n) is 27.0. The van der Waals surface area contributed by atoms with E-state index in [1.165, 1.54) is 24.3 Å². The molecule has 0 aliphatic carbocycles. The van der Waals surface area contributed by atoms with Crippen molar-refractivity contribution in [1.29, 1.82) is 0 Å². The van der Waals surface area contributed by atoms with Crippen LogP contribution in [0.2, 0.25) is 0 Å². The largest absolute Gasteiger partial charge is 0.235 e. The third-order valence-corrected chi connectivity index (χ3v) is 4.69. The molecule has 1 heterocycles. The Morgan fingerprint density at radius 1 is 0.676 bits per heavy atom. The molecule has 4 aromatic carbocycles. The van der Waals surface area contributed by atoms with Gasteiger partial charge in [-0.05, 0) is 11.6 Å². The van der Waals surface area contributed by atoms with E-state index in [0.717, 1.165) is 6.07 Å². The number of benzene rings is 4. The monoisotopic (exact) mass is 456 g/mol. The molecule has 162 valence electrons. The fourth-order valence-electron chi connectivity index (χ4n) is 3.17. The van der Waals surface area contributed by atoms with Crippen molar-refractivity contribution in [1.82, 2.24) is 15.0 Å². The van der Waals surface area contributed by atoms with E-state index >= 15 is 8.78 Å². The number of hydrogen-bond acceptors (Lipinski definition) is 3. The topological polar surface area (TPSA) is 43.0 Å². The van der Waals surface area contributed by atoms with Crippen LogP contribution >= 0.6 is 0 Å². The van der Waals surface area contributed by atoms with Crippen LogP contribution in [0.1, 0.15) is 13.7 Å². The number of aromatic nitrogens is 3. The van der Waals surface area contributed by atoms with Gasteiger partial charge in [-0.25, -0.2) is 28.6 Å². The molecule has 0 fully saturated rings. The summed E-state index contributed by atoms with van der Waals surface area (Å²) >= 11 is 0.